The van der Waals surface area contributed by atoms with Gasteiger partial charge in [0.2, 0.25) is 0 Å². The van der Waals surface area contributed by atoms with Crippen LogP contribution in [0.25, 0.3) is 0 Å². The number of amidine groups is 1. The molecule has 6 heteroatoms. The summed E-state index contributed by atoms with van der Waals surface area (Å²) in [5, 5.41) is 9.38. The lowest BCUT2D eigenvalue weighted by atomic mass is 10.1. The van der Waals surface area contributed by atoms with Crippen LogP contribution in [-0.2, 0) is 9.53 Å². The van der Waals surface area contributed by atoms with Crippen LogP contribution in [0.2, 0.25) is 0 Å². The maximum Gasteiger partial charge on any atom is 0.336 e. The second-order valence-electron chi connectivity index (χ2n) is 3.65. The molecule has 0 aliphatic heterocycles. The van der Waals surface area contributed by atoms with E-state index < -0.39 is 18.1 Å². The number of nitrogens with two attached hydrogens (primary N) is 2. The molecular formula is C10H21N3O3. The second-order valence-corrected chi connectivity index (χ2v) is 3.65. The van der Waals surface area contributed by atoms with Gasteiger partial charge in [0.05, 0.1) is 12.9 Å². The summed E-state index contributed by atoms with van der Waals surface area (Å²) in [6, 6.07) is -0.588. The van der Waals surface area contributed by atoms with Crippen molar-refractivity contribution in [2.45, 2.75) is 38.3 Å². The first-order valence-corrected chi connectivity index (χ1v) is 5.27. The van der Waals surface area contributed by atoms with Crippen LogP contribution in [0.5, 0.6) is 0 Å². The number of unbranched alkanes of at least 4 members (excludes halogenated alkanes) is 1. The molecule has 0 aromatic rings. The minimum absolute atomic E-state index is 0.551. The number of carbonyl (C=O) groups is 1. The number of esters is 1. The number of hydrogen-bond donors (Lipinski definition) is 3. The van der Waals surface area contributed by atoms with E-state index in [0.29, 0.717) is 18.8 Å². The summed E-state index contributed by atoms with van der Waals surface area (Å²) < 4.78 is 4.38. The fourth-order valence-electron chi connectivity index (χ4n) is 1.20. The molecule has 0 radical (unpaired) electrons. The van der Waals surface area contributed by atoms with E-state index in [1.165, 1.54) is 7.11 Å². The van der Waals surface area contributed by atoms with Crippen LogP contribution in [0.3, 0.4) is 0 Å². The first kappa shape index (κ1) is 14.9. The molecule has 0 fully saturated rings. The van der Waals surface area contributed by atoms with Gasteiger partial charge in [-0.05, 0) is 26.2 Å². The van der Waals surface area contributed by atoms with Crippen LogP contribution in [0.1, 0.15) is 26.2 Å². The zero-order valence-corrected chi connectivity index (χ0v) is 9.85. The third kappa shape index (κ3) is 6.36. The van der Waals surface area contributed by atoms with E-state index in [0.717, 1.165) is 12.8 Å². The van der Waals surface area contributed by atoms with Gasteiger partial charge in [0, 0.05) is 12.6 Å². The van der Waals surface area contributed by atoms with Crippen molar-refractivity contribution in [3.05, 3.63) is 0 Å². The van der Waals surface area contributed by atoms with Gasteiger partial charge in [-0.2, -0.15) is 0 Å². The van der Waals surface area contributed by atoms with E-state index in [2.05, 4.69) is 9.73 Å². The third-order valence-electron chi connectivity index (χ3n) is 2.16. The number of aliphatic imine (C=N–C) groups is 1. The third-order valence-corrected chi connectivity index (χ3v) is 2.16. The lowest BCUT2D eigenvalue weighted by Crippen LogP contribution is -2.41. The maximum absolute atomic E-state index is 10.9. The molecule has 0 aliphatic rings. The van der Waals surface area contributed by atoms with Crippen molar-refractivity contribution in [2.24, 2.45) is 16.5 Å². The minimum Gasteiger partial charge on any atom is -0.467 e. The summed E-state index contributed by atoms with van der Waals surface area (Å²) in [6.45, 7) is 2.37. The van der Waals surface area contributed by atoms with E-state index in [1.54, 1.807) is 6.92 Å². The lowest BCUT2D eigenvalue weighted by molar-refractivity contribution is -0.151. The van der Waals surface area contributed by atoms with Crippen LogP contribution < -0.4 is 11.5 Å². The molecule has 0 aliphatic carbocycles. The Morgan fingerprint density at radius 1 is 1.50 bits per heavy atom. The zero-order chi connectivity index (χ0) is 12.6. The van der Waals surface area contributed by atoms with Gasteiger partial charge in [0.1, 0.15) is 0 Å². The molecule has 0 saturated carbocycles. The normalized spacial score (nSPS) is 15.6. The Morgan fingerprint density at radius 3 is 2.62 bits per heavy atom. The highest BCUT2D eigenvalue weighted by Crippen LogP contribution is 2.04. The van der Waals surface area contributed by atoms with Crippen LogP contribution in [0.4, 0.5) is 0 Å². The highest BCUT2D eigenvalue weighted by Gasteiger charge is 2.22. The van der Waals surface area contributed by atoms with Gasteiger partial charge in [-0.25, -0.2) is 4.79 Å². The molecule has 0 spiro atoms. The zero-order valence-electron chi connectivity index (χ0n) is 9.85. The van der Waals surface area contributed by atoms with Crippen LogP contribution in [-0.4, -0.2) is 42.7 Å². The van der Waals surface area contributed by atoms with Gasteiger partial charge in [-0.3, -0.25) is 4.99 Å². The number of nitrogens with zero attached hydrogens (tertiary/aromatic N) is 1. The molecule has 16 heavy (non-hydrogen) atoms. The Labute approximate surface area is 95.7 Å². The average molecular weight is 231 g/mol. The summed E-state index contributed by atoms with van der Waals surface area (Å²) in [5.74, 6) is -0.137. The van der Waals surface area contributed by atoms with Gasteiger partial charge >= 0.3 is 5.97 Å². The highest BCUT2D eigenvalue weighted by molar-refractivity contribution is 5.77. The van der Waals surface area contributed by atoms with Crippen molar-refractivity contribution >= 4 is 11.8 Å². The van der Waals surface area contributed by atoms with E-state index in [1.807, 2.05) is 0 Å². The average Bonchev–Trinajstić information content (AvgIpc) is 2.25. The van der Waals surface area contributed by atoms with E-state index in [-0.39, 0.29) is 0 Å². The number of rotatable bonds is 7. The Hall–Kier alpha value is -1.14. The molecule has 94 valence electrons. The smallest absolute Gasteiger partial charge is 0.336 e. The molecule has 0 aromatic heterocycles. The predicted octanol–water partition coefficient (Wildman–Crippen LogP) is -0.605. The summed E-state index contributed by atoms with van der Waals surface area (Å²) in [4.78, 5) is 15.0. The van der Waals surface area contributed by atoms with Gasteiger partial charge < -0.3 is 21.3 Å². The van der Waals surface area contributed by atoms with Crippen molar-refractivity contribution in [3.63, 3.8) is 0 Å². The number of hydrogen-bond acceptors (Lipinski definition) is 5. The largest absolute Gasteiger partial charge is 0.467 e. The van der Waals surface area contributed by atoms with Gasteiger partial charge in [-0.1, -0.05) is 0 Å². The number of ether oxygens (including phenoxy) is 1. The Kier molecular flexibility index (Phi) is 7.49. The maximum atomic E-state index is 10.9. The minimum atomic E-state index is -1.25. The molecule has 5 N–H and O–H groups in total. The predicted molar refractivity (Wildman–Crippen MR) is 62.0 cm³/mol. The van der Waals surface area contributed by atoms with E-state index in [9.17, 15) is 9.90 Å². The molecule has 0 heterocycles. The van der Waals surface area contributed by atoms with Crippen LogP contribution in [0, 0.1) is 0 Å². The molecule has 0 unspecified atom stereocenters. The second kappa shape index (κ2) is 8.06. The van der Waals surface area contributed by atoms with Crippen molar-refractivity contribution < 1.29 is 14.6 Å². The van der Waals surface area contributed by atoms with Gasteiger partial charge in [-0.15, -0.1) is 0 Å². The Morgan fingerprint density at radius 2 is 2.12 bits per heavy atom. The number of aliphatic hydroxyl groups excluding tert-OH is 1. The summed E-state index contributed by atoms with van der Waals surface area (Å²) in [5.41, 5.74) is 11.0. The molecule has 0 aromatic carbocycles. The molecule has 0 amide bonds. The standard InChI is InChI=1S/C10H21N3O3/c1-7(11)13-6-4-3-5-8(12)9(14)10(15)16-2/h8-9,14H,3-6,12H2,1-2H3,(H2,11,13)/t8-,9-/m0/s1. The van der Waals surface area contributed by atoms with Crippen LogP contribution in [0.15, 0.2) is 4.99 Å². The number of methoxy groups -OCH3 is 1. The molecule has 2 atom stereocenters. The summed E-state index contributed by atoms with van der Waals surface area (Å²) in [7, 11) is 1.22. The number of aliphatic hydroxyl groups is 1. The van der Waals surface area contributed by atoms with E-state index >= 15 is 0 Å². The molecule has 0 saturated heterocycles. The first-order valence-electron chi connectivity index (χ1n) is 5.27. The van der Waals surface area contributed by atoms with Gasteiger partial charge in [0.15, 0.2) is 6.10 Å². The van der Waals surface area contributed by atoms with E-state index in [4.69, 9.17) is 11.5 Å². The van der Waals surface area contributed by atoms with Crippen molar-refractivity contribution in [3.8, 4) is 0 Å². The Balaban J connectivity index is 3.69. The topological polar surface area (TPSA) is 111 Å². The highest BCUT2D eigenvalue weighted by atomic mass is 16.5. The Bertz CT molecular complexity index is 239. The fourth-order valence-corrected chi connectivity index (χ4v) is 1.20. The SMILES string of the molecule is COC(=O)[C@@H](O)[C@@H](N)CCCCN=C(C)N. The lowest BCUT2D eigenvalue weighted by Gasteiger charge is -2.15. The van der Waals surface area contributed by atoms with Crippen molar-refractivity contribution in [1.82, 2.24) is 0 Å². The van der Waals surface area contributed by atoms with Crippen molar-refractivity contribution in [2.75, 3.05) is 13.7 Å². The molecule has 0 bridgehead atoms. The van der Waals surface area contributed by atoms with Crippen molar-refractivity contribution in [1.29, 1.82) is 0 Å². The summed E-state index contributed by atoms with van der Waals surface area (Å²) in [6.07, 6.45) is 0.919. The number of carbonyl (C=O) groups excluding carboxylic acids is 1. The van der Waals surface area contributed by atoms with Crippen LogP contribution >= 0.6 is 0 Å². The quantitative estimate of drug-likeness (QED) is 0.234. The first-order chi connectivity index (χ1) is 7.49. The molecular weight excluding hydrogens is 210 g/mol. The molecule has 0 rings (SSSR count). The fraction of sp³-hybridized carbons (Fsp3) is 0.800. The summed E-state index contributed by atoms with van der Waals surface area (Å²) >= 11 is 0. The molecule has 6 nitrogen and oxygen atoms in total. The van der Waals surface area contributed by atoms with Gasteiger partial charge in [0.25, 0.3) is 0 Å². The monoisotopic (exact) mass is 231 g/mol.